The largest absolute Gasteiger partial charge is 0.432 e. The number of ketones is 1. The zero-order chi connectivity index (χ0) is 13.0. The molecule has 0 aromatic heterocycles. The van der Waals surface area contributed by atoms with Gasteiger partial charge in [0.1, 0.15) is 5.78 Å². The summed E-state index contributed by atoms with van der Waals surface area (Å²) in [5, 5.41) is 0. The molecule has 0 amide bonds. The Morgan fingerprint density at radius 2 is 1.67 bits per heavy atom. The van der Waals surface area contributed by atoms with Gasteiger partial charge in [0.25, 0.3) is 0 Å². The van der Waals surface area contributed by atoms with Gasteiger partial charge in [-0.3, -0.25) is 4.79 Å². The van der Waals surface area contributed by atoms with Crippen molar-refractivity contribution in [1.82, 2.24) is 0 Å². The van der Waals surface area contributed by atoms with Crippen LogP contribution in [0.4, 0.5) is 0 Å². The number of carbonyl (C=O) groups is 1. The van der Waals surface area contributed by atoms with E-state index < -0.39 is 0 Å². The summed E-state index contributed by atoms with van der Waals surface area (Å²) in [4.78, 5) is 20.3. The van der Waals surface area contributed by atoms with Gasteiger partial charge in [-0.25, -0.2) is 0 Å². The van der Waals surface area contributed by atoms with Crippen LogP contribution in [0, 0.1) is 23.7 Å². The van der Waals surface area contributed by atoms with Crippen molar-refractivity contribution in [3.05, 3.63) is 0 Å². The van der Waals surface area contributed by atoms with Crippen LogP contribution < -0.4 is 0 Å². The minimum Gasteiger partial charge on any atom is -0.432 e. The molecule has 2 fully saturated rings. The highest BCUT2D eigenvalue weighted by molar-refractivity contribution is 6.25. The quantitative estimate of drug-likeness (QED) is 0.793. The molecule has 0 aliphatic heterocycles. The normalized spacial score (nSPS) is 32.4. The molecule has 2 rings (SSSR count). The maximum atomic E-state index is 11.3. The van der Waals surface area contributed by atoms with Crippen molar-refractivity contribution in [2.45, 2.75) is 64.3 Å². The van der Waals surface area contributed by atoms with E-state index in [4.69, 9.17) is 4.80 Å². The average molecular weight is 266 g/mol. The molecule has 0 spiro atoms. The highest BCUT2D eigenvalue weighted by atomic mass is 28.2. The molecule has 1 N–H and O–H groups in total. The van der Waals surface area contributed by atoms with Crippen molar-refractivity contribution in [3.8, 4) is 0 Å². The van der Waals surface area contributed by atoms with E-state index in [2.05, 4.69) is 6.92 Å². The minimum absolute atomic E-state index is 0.120. The van der Waals surface area contributed by atoms with E-state index in [9.17, 15) is 4.79 Å². The monoisotopic (exact) mass is 266 g/mol. The molecule has 1 unspecified atom stereocenters. The third-order valence-electron chi connectivity index (χ3n) is 5.29. The SMILES string of the molecule is CC(C[Si]O)C1CCC(C2CCC(=O)CC2)CC1. The van der Waals surface area contributed by atoms with Gasteiger partial charge < -0.3 is 4.80 Å². The van der Waals surface area contributed by atoms with Crippen LogP contribution in [0.2, 0.25) is 6.04 Å². The fourth-order valence-electron chi connectivity index (χ4n) is 3.93. The zero-order valence-electron chi connectivity index (χ0n) is 11.5. The average Bonchev–Trinajstić information content (AvgIpc) is 2.40. The number of hydrogen-bond donors (Lipinski definition) is 1. The van der Waals surface area contributed by atoms with Gasteiger partial charge in [-0.05, 0) is 68.2 Å². The molecule has 0 saturated heterocycles. The molecule has 2 radical (unpaired) electrons. The van der Waals surface area contributed by atoms with Gasteiger partial charge in [0.2, 0.25) is 9.76 Å². The van der Waals surface area contributed by atoms with Crippen LogP contribution in [0.15, 0.2) is 0 Å². The molecule has 0 heterocycles. The molecule has 2 aliphatic carbocycles. The lowest BCUT2D eigenvalue weighted by Crippen LogP contribution is -2.27. The third kappa shape index (κ3) is 3.67. The van der Waals surface area contributed by atoms with E-state index in [1.807, 2.05) is 0 Å². The predicted molar refractivity (Wildman–Crippen MR) is 74.4 cm³/mol. The molecule has 0 aromatic carbocycles. The number of rotatable bonds is 4. The predicted octanol–water partition coefficient (Wildman–Crippen LogP) is 3.22. The summed E-state index contributed by atoms with van der Waals surface area (Å²) < 4.78 is 0. The maximum Gasteiger partial charge on any atom is 0.224 e. The fraction of sp³-hybridized carbons (Fsp3) is 0.933. The van der Waals surface area contributed by atoms with Gasteiger partial charge in [-0.1, -0.05) is 6.92 Å². The van der Waals surface area contributed by atoms with E-state index in [1.165, 1.54) is 25.7 Å². The van der Waals surface area contributed by atoms with E-state index in [0.717, 1.165) is 49.5 Å². The van der Waals surface area contributed by atoms with Crippen molar-refractivity contribution >= 4 is 15.5 Å². The van der Waals surface area contributed by atoms with Crippen molar-refractivity contribution < 1.29 is 9.59 Å². The molecule has 0 aromatic rings. The molecule has 0 bridgehead atoms. The molecule has 102 valence electrons. The summed E-state index contributed by atoms with van der Waals surface area (Å²) in [7, 11) is 0.120. The van der Waals surface area contributed by atoms with Crippen molar-refractivity contribution in [1.29, 1.82) is 0 Å². The Bertz CT molecular complexity index is 262. The lowest BCUT2D eigenvalue weighted by molar-refractivity contribution is -0.121. The third-order valence-corrected chi connectivity index (χ3v) is 6.12. The second-order valence-electron chi connectivity index (χ2n) is 6.39. The fourth-order valence-corrected chi connectivity index (χ4v) is 4.55. The smallest absolute Gasteiger partial charge is 0.224 e. The van der Waals surface area contributed by atoms with Crippen molar-refractivity contribution in [3.63, 3.8) is 0 Å². The van der Waals surface area contributed by atoms with Gasteiger partial charge in [-0.2, -0.15) is 0 Å². The van der Waals surface area contributed by atoms with Crippen molar-refractivity contribution in [2.24, 2.45) is 23.7 Å². The van der Waals surface area contributed by atoms with Crippen LogP contribution in [-0.2, 0) is 4.79 Å². The number of carbonyl (C=O) groups excluding carboxylic acids is 1. The lowest BCUT2D eigenvalue weighted by atomic mass is 9.69. The Balaban J connectivity index is 1.74. The van der Waals surface area contributed by atoms with E-state index in [0.29, 0.717) is 11.7 Å². The Morgan fingerprint density at radius 3 is 2.22 bits per heavy atom. The standard InChI is InChI=1S/C15H26O2Si/c1-11(10-18-17)12-2-4-13(5-3-12)14-6-8-15(16)9-7-14/h11-14,17H,2-10H2,1H3. The first-order chi connectivity index (χ1) is 8.70. The summed E-state index contributed by atoms with van der Waals surface area (Å²) in [6.45, 7) is 2.30. The summed E-state index contributed by atoms with van der Waals surface area (Å²) in [5.74, 6) is 3.74. The summed E-state index contributed by atoms with van der Waals surface area (Å²) in [6.07, 6.45) is 9.41. The maximum absolute atomic E-state index is 11.3. The van der Waals surface area contributed by atoms with Gasteiger partial charge in [-0.15, -0.1) is 0 Å². The summed E-state index contributed by atoms with van der Waals surface area (Å²) in [5.41, 5.74) is 0. The first-order valence-electron chi connectivity index (χ1n) is 7.59. The topological polar surface area (TPSA) is 37.3 Å². The van der Waals surface area contributed by atoms with Gasteiger partial charge >= 0.3 is 0 Å². The van der Waals surface area contributed by atoms with Crippen LogP contribution >= 0.6 is 0 Å². The van der Waals surface area contributed by atoms with E-state index >= 15 is 0 Å². The number of hydrogen-bond acceptors (Lipinski definition) is 2. The van der Waals surface area contributed by atoms with Gasteiger partial charge in [0.15, 0.2) is 0 Å². The van der Waals surface area contributed by atoms with Crippen LogP contribution in [0.5, 0.6) is 0 Å². The van der Waals surface area contributed by atoms with E-state index in [-0.39, 0.29) is 9.76 Å². The summed E-state index contributed by atoms with van der Waals surface area (Å²) >= 11 is 0. The first-order valence-corrected chi connectivity index (χ1v) is 8.74. The highest BCUT2D eigenvalue weighted by Gasteiger charge is 2.31. The van der Waals surface area contributed by atoms with Crippen LogP contribution in [0.25, 0.3) is 0 Å². The lowest BCUT2D eigenvalue weighted by Gasteiger charge is -2.37. The highest BCUT2D eigenvalue weighted by Crippen LogP contribution is 2.41. The van der Waals surface area contributed by atoms with Gasteiger partial charge in [0, 0.05) is 12.8 Å². The molecular weight excluding hydrogens is 240 g/mol. The van der Waals surface area contributed by atoms with Crippen LogP contribution in [0.3, 0.4) is 0 Å². The Labute approximate surface area is 113 Å². The van der Waals surface area contributed by atoms with Gasteiger partial charge in [0.05, 0.1) is 0 Å². The van der Waals surface area contributed by atoms with Crippen molar-refractivity contribution in [2.75, 3.05) is 0 Å². The van der Waals surface area contributed by atoms with E-state index in [1.54, 1.807) is 0 Å². The molecular formula is C15H26O2Si. The Hall–Kier alpha value is -0.153. The Kier molecular flexibility index (Phi) is 5.43. The molecule has 2 saturated carbocycles. The molecule has 2 aliphatic rings. The number of Topliss-reactive ketones (excluding diaryl/α,β-unsaturated/α-hetero) is 1. The summed E-state index contributed by atoms with van der Waals surface area (Å²) in [6, 6.07) is 0.993. The molecule has 1 atom stereocenters. The second kappa shape index (κ2) is 6.85. The second-order valence-corrected chi connectivity index (χ2v) is 7.11. The van der Waals surface area contributed by atoms with Crippen LogP contribution in [0.1, 0.15) is 58.3 Å². The molecule has 3 heteroatoms. The molecule has 18 heavy (non-hydrogen) atoms. The Morgan fingerprint density at radius 1 is 1.11 bits per heavy atom. The minimum atomic E-state index is 0.120. The van der Waals surface area contributed by atoms with Crippen LogP contribution in [-0.4, -0.2) is 20.3 Å². The zero-order valence-corrected chi connectivity index (χ0v) is 12.5. The molecule has 2 nitrogen and oxygen atoms in total. The first kappa shape index (κ1) is 14.3.